The van der Waals surface area contributed by atoms with Crippen LogP contribution in [0.4, 0.5) is 11.5 Å². The lowest BCUT2D eigenvalue weighted by atomic mass is 10.2. The molecule has 0 aliphatic carbocycles. The van der Waals surface area contributed by atoms with Crippen molar-refractivity contribution in [2.45, 2.75) is 6.92 Å². The van der Waals surface area contributed by atoms with Crippen molar-refractivity contribution in [2.75, 3.05) is 36.8 Å². The van der Waals surface area contributed by atoms with Crippen molar-refractivity contribution < 1.29 is 4.79 Å². The maximum Gasteiger partial charge on any atom is 0.273 e. The minimum Gasteiger partial charge on any atom is -0.384 e. The number of rotatable bonds is 2. The van der Waals surface area contributed by atoms with E-state index in [2.05, 4.69) is 14.9 Å². The van der Waals surface area contributed by atoms with E-state index in [9.17, 15) is 4.79 Å². The summed E-state index contributed by atoms with van der Waals surface area (Å²) in [4.78, 5) is 24.8. The summed E-state index contributed by atoms with van der Waals surface area (Å²) in [5, 5.41) is 2.75. The highest BCUT2D eigenvalue weighted by molar-refractivity contribution is 7.09. The summed E-state index contributed by atoms with van der Waals surface area (Å²) in [6, 6.07) is 3.76. The average Bonchev–Trinajstić information content (AvgIpc) is 2.94. The Bertz CT molecular complexity index is 631. The number of nitrogens with two attached hydrogens (primary N) is 1. The molecule has 7 heteroatoms. The van der Waals surface area contributed by atoms with E-state index in [0.29, 0.717) is 24.6 Å². The van der Waals surface area contributed by atoms with Gasteiger partial charge in [0, 0.05) is 31.6 Å². The number of carbonyl (C=O) groups is 1. The molecule has 0 saturated carbocycles. The Kier molecular flexibility index (Phi) is 3.74. The van der Waals surface area contributed by atoms with E-state index in [0.717, 1.165) is 23.8 Å². The second-order valence-electron chi connectivity index (χ2n) is 4.97. The number of anilines is 2. The minimum absolute atomic E-state index is 0.0226. The number of carbonyl (C=O) groups excluding carboxylic acids is 1. The van der Waals surface area contributed by atoms with Crippen LogP contribution in [0.3, 0.4) is 0 Å². The highest BCUT2D eigenvalue weighted by Gasteiger charge is 2.23. The highest BCUT2D eigenvalue weighted by Crippen LogP contribution is 2.18. The summed E-state index contributed by atoms with van der Waals surface area (Å²) < 4.78 is 0. The molecular formula is C14H17N5OS. The van der Waals surface area contributed by atoms with Crippen LogP contribution in [-0.4, -0.2) is 47.0 Å². The molecule has 3 heterocycles. The Morgan fingerprint density at radius 1 is 1.29 bits per heavy atom. The van der Waals surface area contributed by atoms with Crippen LogP contribution in [0.2, 0.25) is 0 Å². The molecule has 0 radical (unpaired) electrons. The van der Waals surface area contributed by atoms with E-state index in [4.69, 9.17) is 5.73 Å². The standard InChI is InChI=1S/C14H17N5OS/c1-10-17-12(9-21-10)14(20)19-6-4-18(5-7-19)11-2-3-13(15)16-8-11/h2-3,8-9H,4-7H2,1H3,(H2,15,16). The van der Waals surface area contributed by atoms with Gasteiger partial charge in [0.1, 0.15) is 11.5 Å². The van der Waals surface area contributed by atoms with Crippen LogP contribution in [0.25, 0.3) is 0 Å². The third-order valence-electron chi connectivity index (χ3n) is 3.54. The van der Waals surface area contributed by atoms with Crippen molar-refractivity contribution >= 4 is 28.7 Å². The van der Waals surface area contributed by atoms with Crippen LogP contribution in [0.15, 0.2) is 23.7 Å². The van der Waals surface area contributed by atoms with Gasteiger partial charge in [-0.1, -0.05) is 0 Å². The first-order valence-electron chi connectivity index (χ1n) is 6.81. The first-order valence-corrected chi connectivity index (χ1v) is 7.69. The number of nitrogen functional groups attached to an aromatic ring is 1. The second kappa shape index (κ2) is 5.69. The number of hydrogen-bond acceptors (Lipinski definition) is 6. The highest BCUT2D eigenvalue weighted by atomic mass is 32.1. The molecule has 2 aromatic heterocycles. The van der Waals surface area contributed by atoms with E-state index in [1.807, 2.05) is 23.3 Å². The summed E-state index contributed by atoms with van der Waals surface area (Å²) in [5.41, 5.74) is 7.19. The van der Waals surface area contributed by atoms with Gasteiger partial charge in [-0.2, -0.15) is 0 Å². The Balaban J connectivity index is 1.62. The third kappa shape index (κ3) is 2.97. The zero-order chi connectivity index (χ0) is 14.8. The monoisotopic (exact) mass is 303 g/mol. The van der Waals surface area contributed by atoms with E-state index in [1.54, 1.807) is 12.3 Å². The van der Waals surface area contributed by atoms with Crippen LogP contribution < -0.4 is 10.6 Å². The topological polar surface area (TPSA) is 75.4 Å². The minimum atomic E-state index is 0.0226. The van der Waals surface area contributed by atoms with Crippen molar-refractivity contribution in [1.29, 1.82) is 0 Å². The second-order valence-corrected chi connectivity index (χ2v) is 6.03. The number of pyridine rings is 1. The SMILES string of the molecule is Cc1nc(C(=O)N2CCN(c3ccc(N)nc3)CC2)cs1. The quantitative estimate of drug-likeness (QED) is 0.907. The third-order valence-corrected chi connectivity index (χ3v) is 4.31. The van der Waals surface area contributed by atoms with Gasteiger partial charge in [0.25, 0.3) is 5.91 Å². The Morgan fingerprint density at radius 3 is 2.62 bits per heavy atom. The summed E-state index contributed by atoms with van der Waals surface area (Å²) in [6.07, 6.45) is 1.77. The van der Waals surface area contributed by atoms with Gasteiger partial charge in [0.2, 0.25) is 0 Å². The lowest BCUT2D eigenvalue weighted by Crippen LogP contribution is -2.48. The van der Waals surface area contributed by atoms with E-state index < -0.39 is 0 Å². The number of piperazine rings is 1. The number of hydrogen-bond donors (Lipinski definition) is 1. The molecule has 110 valence electrons. The predicted molar refractivity (Wildman–Crippen MR) is 83.6 cm³/mol. The van der Waals surface area contributed by atoms with Crippen LogP contribution in [0.5, 0.6) is 0 Å². The van der Waals surface area contributed by atoms with Gasteiger partial charge in [-0.15, -0.1) is 11.3 Å². The first kappa shape index (κ1) is 13.8. The summed E-state index contributed by atoms with van der Waals surface area (Å²) in [7, 11) is 0. The summed E-state index contributed by atoms with van der Waals surface area (Å²) >= 11 is 1.51. The maximum absolute atomic E-state index is 12.3. The van der Waals surface area contributed by atoms with Gasteiger partial charge >= 0.3 is 0 Å². The summed E-state index contributed by atoms with van der Waals surface area (Å²) in [5.74, 6) is 0.542. The van der Waals surface area contributed by atoms with Crippen LogP contribution >= 0.6 is 11.3 Å². The number of aryl methyl sites for hydroxylation is 1. The fourth-order valence-corrected chi connectivity index (χ4v) is 2.96. The van der Waals surface area contributed by atoms with Crippen molar-refractivity contribution in [3.05, 3.63) is 34.4 Å². The van der Waals surface area contributed by atoms with Crippen molar-refractivity contribution in [3.63, 3.8) is 0 Å². The van der Waals surface area contributed by atoms with Gasteiger partial charge < -0.3 is 15.5 Å². The molecule has 1 aliphatic heterocycles. The van der Waals surface area contributed by atoms with Crippen LogP contribution in [0.1, 0.15) is 15.5 Å². The molecule has 0 bridgehead atoms. The molecule has 2 N–H and O–H groups in total. The van der Waals surface area contributed by atoms with Crippen molar-refractivity contribution in [2.24, 2.45) is 0 Å². The zero-order valence-corrected chi connectivity index (χ0v) is 12.6. The van der Waals surface area contributed by atoms with Crippen LogP contribution in [0, 0.1) is 6.92 Å². The molecule has 1 fully saturated rings. The molecule has 1 aliphatic rings. The molecule has 1 amide bonds. The summed E-state index contributed by atoms with van der Waals surface area (Å²) in [6.45, 7) is 4.88. The molecular weight excluding hydrogens is 286 g/mol. The number of aromatic nitrogens is 2. The zero-order valence-electron chi connectivity index (χ0n) is 11.8. The largest absolute Gasteiger partial charge is 0.384 e. The molecule has 6 nitrogen and oxygen atoms in total. The first-order chi connectivity index (χ1) is 10.1. The molecule has 21 heavy (non-hydrogen) atoms. The number of thiazole rings is 1. The molecule has 3 rings (SSSR count). The van der Waals surface area contributed by atoms with Crippen LogP contribution in [-0.2, 0) is 0 Å². The molecule has 0 unspecified atom stereocenters. The Labute approximate surface area is 127 Å². The molecule has 1 saturated heterocycles. The molecule has 0 aromatic carbocycles. The Hall–Kier alpha value is -2.15. The lowest BCUT2D eigenvalue weighted by molar-refractivity contribution is 0.0741. The predicted octanol–water partition coefficient (Wildman–Crippen LogP) is 1.39. The lowest BCUT2D eigenvalue weighted by Gasteiger charge is -2.35. The van der Waals surface area contributed by atoms with E-state index in [1.165, 1.54) is 11.3 Å². The van der Waals surface area contributed by atoms with Crippen molar-refractivity contribution in [1.82, 2.24) is 14.9 Å². The fraction of sp³-hybridized carbons (Fsp3) is 0.357. The molecule has 2 aromatic rings. The Morgan fingerprint density at radius 2 is 2.05 bits per heavy atom. The van der Waals surface area contributed by atoms with E-state index >= 15 is 0 Å². The number of nitrogens with zero attached hydrogens (tertiary/aromatic N) is 4. The van der Waals surface area contributed by atoms with Gasteiger partial charge in [0.15, 0.2) is 0 Å². The number of amides is 1. The van der Waals surface area contributed by atoms with Crippen molar-refractivity contribution in [3.8, 4) is 0 Å². The van der Waals surface area contributed by atoms with Gasteiger partial charge in [-0.25, -0.2) is 9.97 Å². The van der Waals surface area contributed by atoms with Gasteiger partial charge in [-0.3, -0.25) is 4.79 Å². The van der Waals surface area contributed by atoms with Gasteiger partial charge in [-0.05, 0) is 19.1 Å². The average molecular weight is 303 g/mol. The molecule has 0 atom stereocenters. The fourth-order valence-electron chi connectivity index (χ4n) is 2.38. The molecule has 0 spiro atoms. The van der Waals surface area contributed by atoms with E-state index in [-0.39, 0.29) is 5.91 Å². The normalized spacial score (nSPS) is 15.3. The maximum atomic E-state index is 12.3. The van der Waals surface area contributed by atoms with Gasteiger partial charge in [0.05, 0.1) is 16.9 Å². The smallest absolute Gasteiger partial charge is 0.273 e.